The molecule has 0 radical (unpaired) electrons. The van der Waals surface area contributed by atoms with Gasteiger partial charge in [0.25, 0.3) is 5.91 Å². The van der Waals surface area contributed by atoms with Crippen LogP contribution >= 0.6 is 0 Å². The number of hydrogen-bond acceptors (Lipinski definition) is 3. The monoisotopic (exact) mass is 234 g/mol. The average molecular weight is 234 g/mol. The molecule has 1 aromatic carbocycles. The van der Waals surface area contributed by atoms with Crippen LogP contribution in [0.1, 0.15) is 38.4 Å². The lowest BCUT2D eigenvalue weighted by atomic mass is 10.1. The third-order valence-electron chi connectivity index (χ3n) is 2.33. The van der Waals surface area contributed by atoms with Crippen LogP contribution in [-0.4, -0.2) is 16.7 Å². The fraction of sp³-hybridized carbons (Fsp3) is 0.385. The highest BCUT2D eigenvalue weighted by Gasteiger charge is 2.16. The van der Waals surface area contributed by atoms with E-state index >= 15 is 0 Å². The quantitative estimate of drug-likeness (QED) is 0.604. The number of rotatable bonds is 5. The summed E-state index contributed by atoms with van der Waals surface area (Å²) in [7, 11) is 0. The molecule has 0 heterocycles. The van der Waals surface area contributed by atoms with Gasteiger partial charge in [-0.05, 0) is 18.9 Å². The van der Waals surface area contributed by atoms with Gasteiger partial charge in [0, 0.05) is 5.71 Å². The Bertz CT molecular complexity index is 388. The number of carbonyl (C=O) groups excluding carboxylic acids is 1. The highest BCUT2D eigenvalue weighted by Crippen LogP contribution is 2.11. The molecule has 2 N–H and O–H groups in total. The normalized spacial score (nSPS) is 13.2. The van der Waals surface area contributed by atoms with Crippen LogP contribution in [0.15, 0.2) is 35.4 Å². The lowest BCUT2D eigenvalue weighted by Crippen LogP contribution is -2.25. The molecular weight excluding hydrogens is 216 g/mol. The number of nitrogens with zero attached hydrogens (tertiary/aromatic N) is 1. The van der Waals surface area contributed by atoms with E-state index in [9.17, 15) is 9.90 Å². The topological polar surface area (TPSA) is 61.7 Å². The van der Waals surface area contributed by atoms with Crippen molar-refractivity contribution in [1.82, 2.24) is 5.43 Å². The maximum atomic E-state index is 11.6. The van der Waals surface area contributed by atoms with E-state index in [0.717, 1.165) is 18.6 Å². The van der Waals surface area contributed by atoms with Crippen LogP contribution < -0.4 is 5.43 Å². The summed E-state index contributed by atoms with van der Waals surface area (Å²) in [4.78, 5) is 11.6. The first kappa shape index (κ1) is 13.4. The second-order valence-electron chi connectivity index (χ2n) is 3.89. The number of hydrogen-bond donors (Lipinski definition) is 2. The van der Waals surface area contributed by atoms with Gasteiger partial charge in [-0.3, -0.25) is 4.79 Å². The summed E-state index contributed by atoms with van der Waals surface area (Å²) < 4.78 is 0. The molecule has 0 aliphatic carbocycles. The van der Waals surface area contributed by atoms with Crippen LogP contribution in [0.2, 0.25) is 0 Å². The molecule has 92 valence electrons. The van der Waals surface area contributed by atoms with Crippen molar-refractivity contribution in [2.75, 3.05) is 0 Å². The lowest BCUT2D eigenvalue weighted by molar-refractivity contribution is -0.129. The zero-order valence-electron chi connectivity index (χ0n) is 10.2. The summed E-state index contributed by atoms with van der Waals surface area (Å²) in [6, 6.07) is 8.78. The highest BCUT2D eigenvalue weighted by molar-refractivity contribution is 5.86. The molecule has 0 bridgehead atoms. The Balaban J connectivity index is 2.57. The SMILES string of the molecule is CCC/C(C)=N/NC(=O)C(O)c1ccccc1. The molecule has 0 fully saturated rings. The number of nitrogens with one attached hydrogen (secondary N) is 1. The zero-order chi connectivity index (χ0) is 12.7. The van der Waals surface area contributed by atoms with Gasteiger partial charge >= 0.3 is 0 Å². The first-order chi connectivity index (χ1) is 8.15. The van der Waals surface area contributed by atoms with Gasteiger partial charge in [0.1, 0.15) is 0 Å². The zero-order valence-corrected chi connectivity index (χ0v) is 10.2. The van der Waals surface area contributed by atoms with Crippen LogP contribution in [0.5, 0.6) is 0 Å². The minimum absolute atomic E-state index is 0.508. The maximum Gasteiger partial charge on any atom is 0.273 e. The third kappa shape index (κ3) is 4.36. The first-order valence-corrected chi connectivity index (χ1v) is 5.71. The number of amides is 1. The van der Waals surface area contributed by atoms with Gasteiger partial charge in [-0.15, -0.1) is 0 Å². The minimum atomic E-state index is -1.17. The summed E-state index contributed by atoms with van der Waals surface area (Å²) in [5.41, 5.74) is 3.78. The van der Waals surface area contributed by atoms with Crippen LogP contribution in [0.25, 0.3) is 0 Å². The molecule has 1 atom stereocenters. The molecule has 0 saturated heterocycles. The molecule has 4 nitrogen and oxygen atoms in total. The Morgan fingerprint density at radius 3 is 2.65 bits per heavy atom. The molecule has 1 rings (SSSR count). The number of aliphatic hydroxyl groups excluding tert-OH is 1. The van der Waals surface area contributed by atoms with Crippen molar-refractivity contribution in [2.24, 2.45) is 5.10 Å². The van der Waals surface area contributed by atoms with Crippen molar-refractivity contribution in [2.45, 2.75) is 32.8 Å². The Kier molecular flexibility index (Phi) is 5.36. The van der Waals surface area contributed by atoms with E-state index in [-0.39, 0.29) is 0 Å². The predicted octanol–water partition coefficient (Wildman–Crippen LogP) is 2.01. The third-order valence-corrected chi connectivity index (χ3v) is 2.33. The molecule has 4 heteroatoms. The van der Waals surface area contributed by atoms with Crippen molar-refractivity contribution in [3.63, 3.8) is 0 Å². The predicted molar refractivity (Wildman–Crippen MR) is 67.6 cm³/mol. The molecule has 0 saturated carbocycles. The van der Waals surface area contributed by atoms with E-state index < -0.39 is 12.0 Å². The Labute approximate surface area is 101 Å². The average Bonchev–Trinajstić information content (AvgIpc) is 2.36. The molecule has 1 unspecified atom stereocenters. The van der Waals surface area contributed by atoms with E-state index in [1.165, 1.54) is 0 Å². The number of hydrazone groups is 1. The van der Waals surface area contributed by atoms with E-state index in [2.05, 4.69) is 10.5 Å². The van der Waals surface area contributed by atoms with Crippen LogP contribution in [0.3, 0.4) is 0 Å². The van der Waals surface area contributed by atoms with Crippen molar-refractivity contribution < 1.29 is 9.90 Å². The van der Waals surface area contributed by atoms with Gasteiger partial charge < -0.3 is 5.11 Å². The van der Waals surface area contributed by atoms with Gasteiger partial charge in [0.05, 0.1) is 0 Å². The largest absolute Gasteiger partial charge is 0.378 e. The Morgan fingerprint density at radius 1 is 1.41 bits per heavy atom. The molecule has 17 heavy (non-hydrogen) atoms. The van der Waals surface area contributed by atoms with Crippen LogP contribution in [0, 0.1) is 0 Å². The number of benzene rings is 1. The second-order valence-corrected chi connectivity index (χ2v) is 3.89. The molecular formula is C13H18N2O2. The van der Waals surface area contributed by atoms with Gasteiger partial charge in [-0.25, -0.2) is 5.43 Å². The van der Waals surface area contributed by atoms with Crippen LogP contribution in [-0.2, 0) is 4.79 Å². The summed E-state index contributed by atoms with van der Waals surface area (Å²) >= 11 is 0. The van der Waals surface area contributed by atoms with Crippen molar-refractivity contribution in [3.05, 3.63) is 35.9 Å². The van der Waals surface area contributed by atoms with Gasteiger partial charge in [0.2, 0.25) is 0 Å². The molecule has 0 aliphatic rings. The van der Waals surface area contributed by atoms with E-state index in [4.69, 9.17) is 0 Å². The van der Waals surface area contributed by atoms with Crippen molar-refractivity contribution in [1.29, 1.82) is 0 Å². The van der Waals surface area contributed by atoms with Gasteiger partial charge in [-0.2, -0.15) is 5.10 Å². The molecule has 0 aromatic heterocycles. The summed E-state index contributed by atoms with van der Waals surface area (Å²) in [5.74, 6) is -0.508. The van der Waals surface area contributed by atoms with Gasteiger partial charge in [0.15, 0.2) is 6.10 Å². The number of aliphatic hydroxyl groups is 1. The molecule has 1 amide bonds. The van der Waals surface area contributed by atoms with Crippen molar-refractivity contribution in [3.8, 4) is 0 Å². The Morgan fingerprint density at radius 2 is 2.06 bits per heavy atom. The van der Waals surface area contributed by atoms with Crippen molar-refractivity contribution >= 4 is 11.6 Å². The second kappa shape index (κ2) is 6.81. The summed E-state index contributed by atoms with van der Waals surface area (Å²) in [6.45, 7) is 3.89. The smallest absolute Gasteiger partial charge is 0.273 e. The van der Waals surface area contributed by atoms with Crippen LogP contribution in [0.4, 0.5) is 0 Å². The standard InChI is InChI=1S/C13H18N2O2/c1-3-7-10(2)14-15-13(17)12(16)11-8-5-4-6-9-11/h4-6,8-9,12,16H,3,7H2,1-2H3,(H,15,17)/b14-10+. The van der Waals surface area contributed by atoms with E-state index in [0.29, 0.717) is 5.56 Å². The summed E-state index contributed by atoms with van der Waals surface area (Å²) in [6.07, 6.45) is 0.642. The lowest BCUT2D eigenvalue weighted by Gasteiger charge is -2.09. The van der Waals surface area contributed by atoms with E-state index in [1.54, 1.807) is 24.3 Å². The maximum absolute atomic E-state index is 11.6. The Hall–Kier alpha value is -1.68. The highest BCUT2D eigenvalue weighted by atomic mass is 16.3. The number of carbonyl (C=O) groups is 1. The minimum Gasteiger partial charge on any atom is -0.378 e. The molecule has 0 spiro atoms. The first-order valence-electron chi connectivity index (χ1n) is 5.71. The molecule has 1 aromatic rings. The summed E-state index contributed by atoms with van der Waals surface area (Å²) in [5, 5.41) is 13.7. The van der Waals surface area contributed by atoms with Gasteiger partial charge in [-0.1, -0.05) is 43.7 Å². The van der Waals surface area contributed by atoms with E-state index in [1.807, 2.05) is 19.9 Å². The fourth-order valence-corrected chi connectivity index (χ4v) is 1.42. The molecule has 0 aliphatic heterocycles. The fourth-order valence-electron chi connectivity index (χ4n) is 1.42.